The van der Waals surface area contributed by atoms with Gasteiger partial charge in [0.1, 0.15) is 6.61 Å². The van der Waals surface area contributed by atoms with Gasteiger partial charge in [-0.2, -0.15) is 0 Å². The number of hydrogen-bond acceptors (Lipinski definition) is 5. The average molecular weight is 1150 g/mol. The lowest BCUT2D eigenvalue weighted by Gasteiger charge is -2.15. The number of rotatable bonds is 70. The van der Waals surface area contributed by atoms with Crippen LogP contribution in [0.25, 0.3) is 0 Å². The number of aliphatic hydroxyl groups is 1. The first kappa shape index (κ1) is 79.9. The Kier molecular flexibility index (Phi) is 71.2. The molecule has 0 saturated carbocycles. The van der Waals surface area contributed by atoms with Crippen molar-refractivity contribution in [1.82, 2.24) is 0 Å². The Morgan fingerprint density at radius 2 is 0.524 bits per heavy atom. The number of allylic oxidation sites excluding steroid dienone is 8. The molecule has 0 fully saturated rings. The van der Waals surface area contributed by atoms with E-state index >= 15 is 0 Å². The molecule has 0 aliphatic heterocycles. The molecule has 5 nitrogen and oxygen atoms in total. The number of esters is 2. The molecule has 0 rings (SSSR count). The van der Waals surface area contributed by atoms with Crippen LogP contribution in [0, 0.1) is 0 Å². The molecule has 82 heavy (non-hydrogen) atoms. The van der Waals surface area contributed by atoms with Crippen molar-refractivity contribution in [2.75, 3.05) is 13.2 Å². The van der Waals surface area contributed by atoms with Crippen molar-refractivity contribution in [3.05, 3.63) is 48.6 Å². The first-order valence-electron chi connectivity index (χ1n) is 37.2. The van der Waals surface area contributed by atoms with E-state index in [4.69, 9.17) is 9.47 Å². The summed E-state index contributed by atoms with van der Waals surface area (Å²) in [7, 11) is 0. The third kappa shape index (κ3) is 70.3. The van der Waals surface area contributed by atoms with Crippen LogP contribution < -0.4 is 0 Å². The monoisotopic (exact) mass is 1150 g/mol. The normalized spacial score (nSPS) is 12.4. The first-order chi connectivity index (χ1) is 40.6. The minimum Gasteiger partial charge on any atom is -0.462 e. The highest BCUT2D eigenvalue weighted by molar-refractivity contribution is 5.70. The van der Waals surface area contributed by atoms with E-state index < -0.39 is 6.10 Å². The van der Waals surface area contributed by atoms with Gasteiger partial charge in [-0.3, -0.25) is 9.59 Å². The quantitative estimate of drug-likeness (QED) is 0.0373. The molecule has 0 heterocycles. The van der Waals surface area contributed by atoms with Crippen molar-refractivity contribution < 1.29 is 24.2 Å². The van der Waals surface area contributed by atoms with Crippen LogP contribution in [0.3, 0.4) is 0 Å². The molecule has 0 aromatic heterocycles. The van der Waals surface area contributed by atoms with Crippen LogP contribution in [0.5, 0.6) is 0 Å². The van der Waals surface area contributed by atoms with Crippen LogP contribution in [0.15, 0.2) is 48.6 Å². The lowest BCUT2D eigenvalue weighted by molar-refractivity contribution is -0.161. The van der Waals surface area contributed by atoms with Gasteiger partial charge in [0, 0.05) is 12.8 Å². The lowest BCUT2D eigenvalue weighted by Crippen LogP contribution is -2.28. The molecule has 1 N–H and O–H groups in total. The Balaban J connectivity index is 3.36. The fourth-order valence-corrected chi connectivity index (χ4v) is 11.6. The van der Waals surface area contributed by atoms with Crippen LogP contribution in [-0.2, 0) is 19.1 Å². The predicted molar refractivity (Wildman–Crippen MR) is 362 cm³/mol. The van der Waals surface area contributed by atoms with Crippen molar-refractivity contribution in [2.24, 2.45) is 0 Å². The molecule has 0 aromatic carbocycles. The largest absolute Gasteiger partial charge is 0.462 e. The highest BCUT2D eigenvalue weighted by Crippen LogP contribution is 2.20. The van der Waals surface area contributed by atoms with Gasteiger partial charge in [0.15, 0.2) is 6.10 Å². The van der Waals surface area contributed by atoms with E-state index in [1.54, 1.807) is 0 Å². The third-order valence-electron chi connectivity index (χ3n) is 17.1. The van der Waals surface area contributed by atoms with Crippen LogP contribution in [0.4, 0.5) is 0 Å². The standard InChI is InChI=1S/C77H144O5/c1-3-5-7-9-11-13-15-17-19-21-23-25-27-29-31-33-34-35-36-37-38-39-40-41-42-44-45-47-49-51-53-55-57-59-61-63-65-67-69-71-76(79)81-74-75(73-78)82-77(80)72-70-68-66-64-62-60-58-56-54-52-50-48-46-43-32-30-28-26-24-22-20-18-16-14-12-10-8-6-4-2/h6,8,12,14,18,20,24,26,75,78H,3-5,7,9-11,13,15-17,19,21-23,25,27-74H2,1-2H3/b8-6-,14-12-,20-18-,26-24-. The average Bonchev–Trinajstić information content (AvgIpc) is 3.49. The van der Waals surface area contributed by atoms with E-state index in [1.165, 1.54) is 327 Å². The van der Waals surface area contributed by atoms with Gasteiger partial charge in [-0.1, -0.05) is 396 Å². The molecule has 482 valence electrons. The van der Waals surface area contributed by atoms with Gasteiger partial charge in [-0.25, -0.2) is 0 Å². The van der Waals surface area contributed by atoms with Gasteiger partial charge in [0.2, 0.25) is 0 Å². The number of ether oxygens (including phenoxy) is 2. The number of aliphatic hydroxyl groups excluding tert-OH is 1. The smallest absolute Gasteiger partial charge is 0.306 e. The molecule has 0 spiro atoms. The summed E-state index contributed by atoms with van der Waals surface area (Å²) >= 11 is 0. The molecule has 1 atom stereocenters. The van der Waals surface area contributed by atoms with Gasteiger partial charge < -0.3 is 14.6 Å². The number of unbranched alkanes of at least 4 members (excludes halogenated alkanes) is 54. The van der Waals surface area contributed by atoms with Crippen molar-refractivity contribution in [1.29, 1.82) is 0 Å². The number of hydrogen-bond donors (Lipinski definition) is 1. The molecule has 0 saturated heterocycles. The molecule has 0 bridgehead atoms. The Morgan fingerprint density at radius 3 is 0.793 bits per heavy atom. The maximum Gasteiger partial charge on any atom is 0.306 e. The van der Waals surface area contributed by atoms with Crippen molar-refractivity contribution >= 4 is 11.9 Å². The van der Waals surface area contributed by atoms with Gasteiger partial charge in [0.05, 0.1) is 6.61 Å². The van der Waals surface area contributed by atoms with E-state index in [2.05, 4.69) is 62.5 Å². The second-order valence-electron chi connectivity index (χ2n) is 25.4. The summed E-state index contributed by atoms with van der Waals surface area (Å²) in [5.41, 5.74) is 0. The molecule has 0 radical (unpaired) electrons. The zero-order chi connectivity index (χ0) is 59.1. The van der Waals surface area contributed by atoms with Gasteiger partial charge in [-0.15, -0.1) is 0 Å². The van der Waals surface area contributed by atoms with E-state index in [1.807, 2.05) is 0 Å². The first-order valence-corrected chi connectivity index (χ1v) is 37.2. The fourth-order valence-electron chi connectivity index (χ4n) is 11.6. The zero-order valence-corrected chi connectivity index (χ0v) is 55.5. The number of carbonyl (C=O) groups is 2. The summed E-state index contributed by atoms with van der Waals surface area (Å²) in [5, 5.41) is 9.71. The van der Waals surface area contributed by atoms with Crippen LogP contribution in [-0.4, -0.2) is 36.4 Å². The fraction of sp³-hybridized carbons (Fsp3) is 0.870. The lowest BCUT2D eigenvalue weighted by atomic mass is 10.0. The molecule has 0 aromatic rings. The summed E-state index contributed by atoms with van der Waals surface area (Å²) in [6, 6.07) is 0. The van der Waals surface area contributed by atoms with Gasteiger partial charge in [-0.05, 0) is 51.4 Å². The Morgan fingerprint density at radius 1 is 0.293 bits per heavy atom. The summed E-state index contributed by atoms with van der Waals surface area (Å²) in [6.07, 6.45) is 99.0. The van der Waals surface area contributed by atoms with Crippen molar-refractivity contribution in [3.8, 4) is 0 Å². The minimum atomic E-state index is -0.772. The molecular weight excluding hydrogens is 1000 g/mol. The Hall–Kier alpha value is -2.14. The summed E-state index contributed by atoms with van der Waals surface area (Å²) in [4.78, 5) is 24.7. The van der Waals surface area contributed by atoms with Crippen molar-refractivity contribution in [3.63, 3.8) is 0 Å². The topological polar surface area (TPSA) is 72.8 Å². The molecule has 0 aliphatic carbocycles. The van der Waals surface area contributed by atoms with E-state index in [0.717, 1.165) is 57.8 Å². The second kappa shape index (κ2) is 73.1. The van der Waals surface area contributed by atoms with Gasteiger partial charge in [0.25, 0.3) is 0 Å². The maximum atomic E-state index is 12.4. The van der Waals surface area contributed by atoms with Crippen LogP contribution in [0.1, 0.15) is 412 Å². The SMILES string of the molecule is CC/C=C\C/C=C\C/C=C\C/C=C\CCCCCCCCCCCCCCCCCCC(=O)OC(CO)COC(=O)CCCCCCCCCCCCCCCCCCCCCCCCCCCCCCCCCCCCCCCCC. The van der Waals surface area contributed by atoms with Gasteiger partial charge >= 0.3 is 11.9 Å². The molecular formula is C77H144O5. The highest BCUT2D eigenvalue weighted by Gasteiger charge is 2.16. The summed E-state index contributed by atoms with van der Waals surface area (Å²) in [5.74, 6) is -0.568. The minimum absolute atomic E-state index is 0.0605. The molecule has 0 amide bonds. The predicted octanol–water partition coefficient (Wildman–Crippen LogP) is 25.9. The van der Waals surface area contributed by atoms with E-state index in [-0.39, 0.29) is 25.2 Å². The summed E-state index contributed by atoms with van der Waals surface area (Å²) < 4.78 is 10.8. The zero-order valence-electron chi connectivity index (χ0n) is 55.5. The summed E-state index contributed by atoms with van der Waals surface area (Å²) in [6.45, 7) is 4.09. The second-order valence-corrected chi connectivity index (χ2v) is 25.4. The Labute approximate surface area is 513 Å². The van der Waals surface area contributed by atoms with Crippen LogP contribution in [0.2, 0.25) is 0 Å². The maximum absolute atomic E-state index is 12.4. The highest BCUT2D eigenvalue weighted by atomic mass is 16.6. The molecule has 5 heteroatoms. The van der Waals surface area contributed by atoms with E-state index in [9.17, 15) is 14.7 Å². The van der Waals surface area contributed by atoms with Crippen molar-refractivity contribution in [2.45, 2.75) is 418 Å². The molecule has 1 unspecified atom stereocenters. The molecule has 0 aliphatic rings. The number of carbonyl (C=O) groups excluding carboxylic acids is 2. The third-order valence-corrected chi connectivity index (χ3v) is 17.1. The van der Waals surface area contributed by atoms with E-state index in [0.29, 0.717) is 12.8 Å². The Bertz CT molecular complexity index is 1350. The van der Waals surface area contributed by atoms with Crippen LogP contribution >= 0.6 is 0 Å².